The fraction of sp³-hybridized carbons (Fsp3) is 0.583. The highest BCUT2D eigenvalue weighted by Gasteiger charge is 2.58. The normalized spacial score (nSPS) is 25.0. The zero-order valence-corrected chi connectivity index (χ0v) is 20.3. The van der Waals surface area contributed by atoms with Crippen LogP contribution in [0, 0.1) is 25.2 Å². The molecule has 0 aromatic heterocycles. The fourth-order valence-electron chi connectivity index (χ4n) is 5.34. The number of nitrogens with zero attached hydrogens (tertiary/aromatic N) is 2. The van der Waals surface area contributed by atoms with Gasteiger partial charge in [0.05, 0.1) is 11.7 Å². The third-order valence-electron chi connectivity index (χ3n) is 7.33. The van der Waals surface area contributed by atoms with Crippen LogP contribution < -0.4 is 5.48 Å². The number of amides is 2. The first kappa shape index (κ1) is 23.9. The van der Waals surface area contributed by atoms with E-state index < -0.39 is 27.9 Å². The first-order valence-corrected chi connectivity index (χ1v) is 13.2. The highest BCUT2D eigenvalue weighted by molar-refractivity contribution is 7.89. The van der Waals surface area contributed by atoms with Gasteiger partial charge in [-0.05, 0) is 63.0 Å². The van der Waals surface area contributed by atoms with Gasteiger partial charge in [0.15, 0.2) is 0 Å². The molecule has 4 rings (SSSR count). The van der Waals surface area contributed by atoms with E-state index in [9.17, 15) is 23.2 Å². The number of benzene rings is 1. The van der Waals surface area contributed by atoms with Crippen LogP contribution >= 0.6 is 0 Å². The Morgan fingerprint density at radius 1 is 1.18 bits per heavy atom. The second kappa shape index (κ2) is 8.85. The number of aryl methyl sites for hydroxylation is 2. The minimum absolute atomic E-state index is 0.142. The number of piperidine rings is 1. The summed E-state index contributed by atoms with van der Waals surface area (Å²) < 4.78 is 27.2. The van der Waals surface area contributed by atoms with Crippen LogP contribution in [0.1, 0.15) is 49.3 Å². The quantitative estimate of drug-likeness (QED) is 0.502. The molecule has 8 nitrogen and oxygen atoms in total. The molecule has 3 aliphatic rings. The lowest BCUT2D eigenvalue weighted by Crippen LogP contribution is -2.62. The zero-order chi connectivity index (χ0) is 24.0. The van der Waals surface area contributed by atoms with E-state index in [4.69, 9.17) is 0 Å². The first-order valence-electron chi connectivity index (χ1n) is 11.6. The monoisotopic (exact) mass is 475 g/mol. The molecule has 2 N–H and O–H groups in total. The summed E-state index contributed by atoms with van der Waals surface area (Å²) in [6.07, 6.45) is 4.72. The van der Waals surface area contributed by atoms with Gasteiger partial charge in [0.25, 0.3) is 0 Å². The number of hydroxylamine groups is 1. The predicted octanol–water partition coefficient (Wildman–Crippen LogP) is 2.24. The van der Waals surface area contributed by atoms with Gasteiger partial charge in [0, 0.05) is 19.6 Å². The fourth-order valence-corrected chi connectivity index (χ4v) is 6.73. The third-order valence-corrected chi connectivity index (χ3v) is 9.13. The maximum absolute atomic E-state index is 13.7. The van der Waals surface area contributed by atoms with Crippen LogP contribution in [0.4, 0.5) is 0 Å². The summed E-state index contributed by atoms with van der Waals surface area (Å²) in [6.45, 7) is 6.72. The van der Waals surface area contributed by atoms with Gasteiger partial charge >= 0.3 is 0 Å². The molecule has 1 saturated carbocycles. The maximum atomic E-state index is 13.7. The number of carbonyl (C=O) groups is 2. The molecular formula is C24H33N3O5S. The van der Waals surface area contributed by atoms with Crippen LogP contribution in [0.15, 0.2) is 24.3 Å². The first-order chi connectivity index (χ1) is 15.6. The largest absolute Gasteiger partial charge is 0.337 e. The van der Waals surface area contributed by atoms with E-state index in [1.165, 1.54) is 15.4 Å². The molecule has 2 amide bonds. The molecule has 2 aliphatic heterocycles. The van der Waals surface area contributed by atoms with Gasteiger partial charge in [-0.2, -0.15) is 4.31 Å². The zero-order valence-electron chi connectivity index (χ0n) is 19.5. The van der Waals surface area contributed by atoms with Crippen molar-refractivity contribution in [3.8, 4) is 0 Å². The smallest absolute Gasteiger partial charge is 0.248 e. The second-order valence-electron chi connectivity index (χ2n) is 9.82. The van der Waals surface area contributed by atoms with Crippen LogP contribution in [0.25, 0.3) is 5.57 Å². The molecule has 1 spiro atoms. The molecule has 1 aromatic carbocycles. The molecule has 9 heteroatoms. The Bertz CT molecular complexity index is 1070. The molecule has 2 fully saturated rings. The number of sulfonamides is 1. The minimum Gasteiger partial charge on any atom is -0.337 e. The van der Waals surface area contributed by atoms with Crippen LogP contribution in [0.3, 0.4) is 0 Å². The summed E-state index contributed by atoms with van der Waals surface area (Å²) in [6, 6.07) is 5.24. The standard InChI is InChI=1S/C24H33N3O5S/c1-4-33(31,32)27-15-24(7-8-24)14-20(22(28)25-30)21(27)23(29)26-9-5-18(6-10-26)19-12-16(2)11-17(3)13-19/h5,11-13,20-21,30H,4,6-10,14-15H2,1-3H3,(H,25,28)/t20-,21-/m0/s1. The van der Waals surface area contributed by atoms with Gasteiger partial charge in [0.1, 0.15) is 6.04 Å². The average molecular weight is 476 g/mol. The third kappa shape index (κ3) is 4.72. The summed E-state index contributed by atoms with van der Waals surface area (Å²) in [5.74, 6) is -2.12. The van der Waals surface area contributed by atoms with Crippen molar-refractivity contribution in [1.82, 2.24) is 14.7 Å². The molecule has 0 bridgehead atoms. The van der Waals surface area contributed by atoms with E-state index in [1.807, 2.05) is 6.08 Å². The maximum Gasteiger partial charge on any atom is 0.248 e. The van der Waals surface area contributed by atoms with E-state index in [1.54, 1.807) is 17.3 Å². The van der Waals surface area contributed by atoms with Crippen molar-refractivity contribution >= 4 is 27.4 Å². The Kier molecular flexibility index (Phi) is 6.41. The molecule has 0 unspecified atom stereocenters. The van der Waals surface area contributed by atoms with Crippen molar-refractivity contribution in [3.05, 3.63) is 41.0 Å². The SMILES string of the molecule is CCS(=O)(=O)N1CC2(CC2)C[C@H](C(=O)NO)[C@H]1C(=O)N1CC=C(c2cc(C)cc(C)c2)CC1. The number of hydrogen-bond acceptors (Lipinski definition) is 5. The van der Waals surface area contributed by atoms with Gasteiger partial charge in [0.2, 0.25) is 21.8 Å². The summed E-state index contributed by atoms with van der Waals surface area (Å²) in [5.41, 5.74) is 6.06. The van der Waals surface area contributed by atoms with E-state index in [2.05, 4.69) is 32.0 Å². The molecule has 1 aromatic rings. The highest BCUT2D eigenvalue weighted by atomic mass is 32.2. The van der Waals surface area contributed by atoms with Crippen molar-refractivity contribution in [1.29, 1.82) is 0 Å². The molecule has 2 atom stereocenters. The number of hydrogen-bond donors (Lipinski definition) is 2. The van der Waals surface area contributed by atoms with Gasteiger partial charge in [-0.25, -0.2) is 13.9 Å². The summed E-state index contributed by atoms with van der Waals surface area (Å²) >= 11 is 0. The topological polar surface area (TPSA) is 107 Å². The minimum atomic E-state index is -3.71. The van der Waals surface area contributed by atoms with Crippen molar-refractivity contribution in [2.75, 3.05) is 25.4 Å². The van der Waals surface area contributed by atoms with Gasteiger partial charge in [-0.1, -0.05) is 35.4 Å². The Hall–Kier alpha value is -2.23. The van der Waals surface area contributed by atoms with Crippen molar-refractivity contribution < 1.29 is 23.2 Å². The Labute approximate surface area is 195 Å². The molecule has 1 saturated heterocycles. The lowest BCUT2D eigenvalue weighted by Gasteiger charge is -2.44. The van der Waals surface area contributed by atoms with Crippen molar-refractivity contribution in [2.45, 2.75) is 52.5 Å². The van der Waals surface area contributed by atoms with Crippen LogP contribution in [0.5, 0.6) is 0 Å². The predicted molar refractivity (Wildman–Crippen MR) is 125 cm³/mol. The number of rotatable bonds is 5. The van der Waals surface area contributed by atoms with Gasteiger partial charge < -0.3 is 4.90 Å². The molecule has 2 heterocycles. The van der Waals surface area contributed by atoms with Crippen molar-refractivity contribution in [2.24, 2.45) is 11.3 Å². The van der Waals surface area contributed by atoms with Crippen LogP contribution in [0.2, 0.25) is 0 Å². The molecule has 33 heavy (non-hydrogen) atoms. The average Bonchev–Trinajstić information content (AvgIpc) is 3.55. The summed E-state index contributed by atoms with van der Waals surface area (Å²) in [7, 11) is -3.71. The van der Waals surface area contributed by atoms with Gasteiger partial charge in [-0.15, -0.1) is 0 Å². The molecule has 0 radical (unpaired) electrons. The van der Waals surface area contributed by atoms with Crippen molar-refractivity contribution in [3.63, 3.8) is 0 Å². The lowest BCUT2D eigenvalue weighted by atomic mass is 9.81. The second-order valence-corrected chi connectivity index (χ2v) is 12.0. The van der Waals surface area contributed by atoms with E-state index in [0.717, 1.165) is 24.0 Å². The molecule has 180 valence electrons. The summed E-state index contributed by atoms with van der Waals surface area (Å²) in [4.78, 5) is 27.9. The van der Waals surface area contributed by atoms with Crippen LogP contribution in [-0.2, 0) is 19.6 Å². The Morgan fingerprint density at radius 3 is 2.36 bits per heavy atom. The van der Waals surface area contributed by atoms with Crippen LogP contribution in [-0.4, -0.2) is 66.1 Å². The van der Waals surface area contributed by atoms with Gasteiger partial charge in [-0.3, -0.25) is 14.8 Å². The number of nitrogens with one attached hydrogen (secondary N) is 1. The summed E-state index contributed by atoms with van der Waals surface area (Å²) in [5, 5.41) is 9.34. The Morgan fingerprint density at radius 2 is 1.85 bits per heavy atom. The molecule has 1 aliphatic carbocycles. The van der Waals surface area contributed by atoms with E-state index in [0.29, 0.717) is 25.9 Å². The van der Waals surface area contributed by atoms with E-state index in [-0.39, 0.29) is 23.6 Å². The highest BCUT2D eigenvalue weighted by Crippen LogP contribution is 2.55. The number of carbonyl (C=O) groups excluding carboxylic acids is 2. The molecular weight excluding hydrogens is 442 g/mol. The Balaban J connectivity index is 1.61. The van der Waals surface area contributed by atoms with E-state index >= 15 is 0 Å². The lowest BCUT2D eigenvalue weighted by molar-refractivity contribution is -0.148.